The molecule has 0 amide bonds. The van der Waals surface area contributed by atoms with Crippen molar-refractivity contribution in [1.82, 2.24) is 0 Å². The molecular weight excluding hydrogens is 264 g/mol. The van der Waals surface area contributed by atoms with Crippen molar-refractivity contribution in [3.63, 3.8) is 0 Å². The smallest absolute Gasteiger partial charge is 0.333 e. The summed E-state index contributed by atoms with van der Waals surface area (Å²) in [7, 11) is 0. The zero-order valence-electron chi connectivity index (χ0n) is 12.1. The summed E-state index contributed by atoms with van der Waals surface area (Å²) in [5.41, 5.74) is 0.381. The molecule has 0 aliphatic rings. The number of carbonyl (C=O) groups excluding carboxylic acids is 1. The van der Waals surface area contributed by atoms with E-state index in [1.165, 1.54) is 6.26 Å². The molecule has 0 N–H and O–H groups in total. The van der Waals surface area contributed by atoms with Gasteiger partial charge in [0.15, 0.2) is 0 Å². The fourth-order valence-electron chi connectivity index (χ4n) is 1.05. The van der Waals surface area contributed by atoms with Crippen molar-refractivity contribution in [1.29, 1.82) is 0 Å². The van der Waals surface area contributed by atoms with Crippen LogP contribution in [0.1, 0.15) is 6.92 Å². The summed E-state index contributed by atoms with van der Waals surface area (Å²) in [5.74, 6) is -0.401. The van der Waals surface area contributed by atoms with Crippen molar-refractivity contribution in [2.24, 2.45) is 0 Å². The zero-order valence-corrected chi connectivity index (χ0v) is 12.1. The van der Waals surface area contributed by atoms with Gasteiger partial charge in [0.2, 0.25) is 0 Å². The lowest BCUT2D eigenvalue weighted by Gasteiger charge is -2.07. The van der Waals surface area contributed by atoms with E-state index >= 15 is 0 Å². The van der Waals surface area contributed by atoms with Gasteiger partial charge in [-0.2, -0.15) is 0 Å². The van der Waals surface area contributed by atoms with Gasteiger partial charge in [0.1, 0.15) is 13.2 Å². The molecule has 0 aromatic carbocycles. The lowest BCUT2D eigenvalue weighted by atomic mass is 10.4. The van der Waals surface area contributed by atoms with Crippen LogP contribution in [-0.4, -0.2) is 58.8 Å². The van der Waals surface area contributed by atoms with E-state index in [2.05, 4.69) is 13.2 Å². The number of hydrogen-bond donors (Lipinski definition) is 0. The third kappa shape index (κ3) is 13.1. The summed E-state index contributed by atoms with van der Waals surface area (Å²) in [6.45, 7) is 12.0. The van der Waals surface area contributed by atoms with Crippen LogP contribution in [0.2, 0.25) is 0 Å². The minimum atomic E-state index is -0.401. The van der Waals surface area contributed by atoms with Gasteiger partial charge in [0.05, 0.1) is 45.9 Å². The first-order valence-corrected chi connectivity index (χ1v) is 6.47. The van der Waals surface area contributed by atoms with Crippen LogP contribution in [0.3, 0.4) is 0 Å². The first-order valence-electron chi connectivity index (χ1n) is 6.47. The molecule has 0 unspecified atom stereocenters. The number of hydrogen-bond acceptors (Lipinski definition) is 6. The summed E-state index contributed by atoms with van der Waals surface area (Å²) in [6.07, 6.45) is 1.38. The Bertz CT molecular complexity index is 277. The summed E-state index contributed by atoms with van der Waals surface area (Å²) < 4.78 is 25.5. The van der Waals surface area contributed by atoms with Crippen molar-refractivity contribution in [2.45, 2.75) is 6.92 Å². The number of ether oxygens (including phenoxy) is 5. The highest BCUT2D eigenvalue weighted by Gasteiger charge is 2.01. The Labute approximate surface area is 120 Å². The molecule has 0 atom stereocenters. The van der Waals surface area contributed by atoms with Crippen molar-refractivity contribution < 1.29 is 28.5 Å². The standard InChI is InChI=1S/C14H24O6/c1-4-16-5-6-17-7-8-18-9-10-19-11-12-20-14(15)13(2)3/h4H,1-2,5-12H2,3H3. The largest absolute Gasteiger partial charge is 0.499 e. The van der Waals surface area contributed by atoms with Gasteiger partial charge in [0.25, 0.3) is 0 Å². The van der Waals surface area contributed by atoms with E-state index in [0.29, 0.717) is 51.8 Å². The van der Waals surface area contributed by atoms with Gasteiger partial charge in [-0.1, -0.05) is 13.2 Å². The maximum atomic E-state index is 11.0. The van der Waals surface area contributed by atoms with E-state index in [4.69, 9.17) is 23.7 Å². The average Bonchev–Trinajstić information content (AvgIpc) is 2.43. The summed E-state index contributed by atoms with van der Waals surface area (Å²) >= 11 is 0. The first-order chi connectivity index (χ1) is 9.68. The molecule has 0 aromatic rings. The fourth-order valence-corrected chi connectivity index (χ4v) is 1.05. The van der Waals surface area contributed by atoms with Gasteiger partial charge in [-0.25, -0.2) is 4.79 Å². The minimum Gasteiger partial charge on any atom is -0.499 e. The van der Waals surface area contributed by atoms with Crippen molar-refractivity contribution in [2.75, 3.05) is 52.9 Å². The predicted octanol–water partition coefficient (Wildman–Crippen LogP) is 1.32. The van der Waals surface area contributed by atoms with Gasteiger partial charge in [-0.15, -0.1) is 0 Å². The van der Waals surface area contributed by atoms with Gasteiger partial charge in [-0.05, 0) is 6.92 Å². The molecule has 0 heterocycles. The molecule has 6 heteroatoms. The Hall–Kier alpha value is -1.37. The van der Waals surface area contributed by atoms with Crippen LogP contribution in [0.15, 0.2) is 25.0 Å². The quantitative estimate of drug-likeness (QED) is 0.208. The average molecular weight is 288 g/mol. The van der Waals surface area contributed by atoms with E-state index < -0.39 is 5.97 Å². The molecule has 0 saturated heterocycles. The van der Waals surface area contributed by atoms with Crippen molar-refractivity contribution in [3.8, 4) is 0 Å². The Morgan fingerprint density at radius 3 is 1.80 bits per heavy atom. The van der Waals surface area contributed by atoms with Crippen LogP contribution < -0.4 is 0 Å². The van der Waals surface area contributed by atoms with Gasteiger partial charge in [0, 0.05) is 5.57 Å². The van der Waals surface area contributed by atoms with E-state index in [9.17, 15) is 4.79 Å². The van der Waals surface area contributed by atoms with Crippen molar-refractivity contribution >= 4 is 5.97 Å². The van der Waals surface area contributed by atoms with E-state index in [1.807, 2.05) is 0 Å². The summed E-state index contributed by atoms with van der Waals surface area (Å²) in [6, 6.07) is 0. The molecule has 20 heavy (non-hydrogen) atoms. The minimum absolute atomic E-state index is 0.220. The third-order valence-electron chi connectivity index (χ3n) is 2.02. The molecule has 6 nitrogen and oxygen atoms in total. The number of esters is 1. The SMILES string of the molecule is C=COCCOCCOCCOCCOC(=O)C(=C)C. The second-order valence-corrected chi connectivity index (χ2v) is 3.79. The molecule has 116 valence electrons. The van der Waals surface area contributed by atoms with Gasteiger partial charge >= 0.3 is 5.97 Å². The Morgan fingerprint density at radius 2 is 1.35 bits per heavy atom. The molecule has 0 radical (unpaired) electrons. The van der Waals surface area contributed by atoms with Crippen molar-refractivity contribution in [3.05, 3.63) is 25.0 Å². The van der Waals surface area contributed by atoms with Crippen LogP contribution in [0.5, 0.6) is 0 Å². The zero-order chi connectivity index (χ0) is 15.1. The summed E-state index contributed by atoms with van der Waals surface area (Å²) in [5, 5.41) is 0. The van der Waals surface area contributed by atoms with Gasteiger partial charge in [-0.3, -0.25) is 0 Å². The molecule has 0 rings (SSSR count). The Balaban J connectivity index is 3.08. The molecule has 0 fully saturated rings. The predicted molar refractivity (Wildman–Crippen MR) is 74.4 cm³/mol. The molecule has 0 saturated carbocycles. The summed E-state index contributed by atoms with van der Waals surface area (Å²) in [4.78, 5) is 11.0. The van der Waals surface area contributed by atoms with Crippen LogP contribution in [0.25, 0.3) is 0 Å². The Kier molecular flexibility index (Phi) is 13.1. The molecule has 0 spiro atoms. The van der Waals surface area contributed by atoms with E-state index in [0.717, 1.165) is 0 Å². The lowest BCUT2D eigenvalue weighted by Crippen LogP contribution is -2.14. The highest BCUT2D eigenvalue weighted by atomic mass is 16.6. The molecule has 0 aromatic heterocycles. The highest BCUT2D eigenvalue weighted by molar-refractivity contribution is 5.86. The maximum Gasteiger partial charge on any atom is 0.333 e. The van der Waals surface area contributed by atoms with Crippen LogP contribution >= 0.6 is 0 Å². The third-order valence-corrected chi connectivity index (χ3v) is 2.02. The molecule has 0 aliphatic carbocycles. The van der Waals surface area contributed by atoms with Crippen LogP contribution in [0.4, 0.5) is 0 Å². The fraction of sp³-hybridized carbons (Fsp3) is 0.643. The topological polar surface area (TPSA) is 63.2 Å². The first kappa shape index (κ1) is 18.6. The maximum absolute atomic E-state index is 11.0. The second-order valence-electron chi connectivity index (χ2n) is 3.79. The van der Waals surface area contributed by atoms with E-state index in [-0.39, 0.29) is 6.61 Å². The number of carbonyl (C=O) groups is 1. The van der Waals surface area contributed by atoms with E-state index in [1.54, 1.807) is 6.92 Å². The second kappa shape index (κ2) is 14.0. The molecule has 0 aliphatic heterocycles. The molecule has 0 bridgehead atoms. The van der Waals surface area contributed by atoms with Crippen LogP contribution in [0, 0.1) is 0 Å². The number of rotatable bonds is 14. The highest BCUT2D eigenvalue weighted by Crippen LogP contribution is 1.91. The lowest BCUT2D eigenvalue weighted by molar-refractivity contribution is -0.140. The molecular formula is C14H24O6. The normalized spacial score (nSPS) is 10.1. The monoisotopic (exact) mass is 288 g/mol. The van der Waals surface area contributed by atoms with Gasteiger partial charge < -0.3 is 23.7 Å². The Morgan fingerprint density at radius 1 is 0.900 bits per heavy atom. The van der Waals surface area contributed by atoms with Crippen LogP contribution in [-0.2, 0) is 28.5 Å².